The zero-order valence-electron chi connectivity index (χ0n) is 8.50. The van der Waals surface area contributed by atoms with E-state index in [1.165, 1.54) is 0 Å². The Morgan fingerprint density at radius 1 is 1.38 bits per heavy atom. The fraction of sp³-hybridized carbons (Fsp3) is 1.00. The van der Waals surface area contributed by atoms with Gasteiger partial charge in [0.1, 0.15) is 0 Å². The molecule has 2 heterocycles. The number of hydrogen-bond acceptors (Lipinski definition) is 3. The van der Waals surface area contributed by atoms with Gasteiger partial charge in [-0.05, 0) is 33.6 Å². The molecule has 0 unspecified atom stereocenters. The third-order valence-corrected chi connectivity index (χ3v) is 3.80. The van der Waals surface area contributed by atoms with Crippen molar-refractivity contribution in [1.82, 2.24) is 0 Å². The van der Waals surface area contributed by atoms with E-state index in [1.807, 2.05) is 6.92 Å². The van der Waals surface area contributed by atoms with Crippen LogP contribution >= 0.6 is 0 Å². The van der Waals surface area contributed by atoms with Gasteiger partial charge in [-0.1, -0.05) is 0 Å². The van der Waals surface area contributed by atoms with E-state index in [1.54, 1.807) is 13.8 Å². The fourth-order valence-corrected chi connectivity index (χ4v) is 2.59. The van der Waals surface area contributed by atoms with E-state index in [0.29, 0.717) is 6.42 Å². The van der Waals surface area contributed by atoms with Crippen molar-refractivity contribution in [2.75, 3.05) is 0 Å². The molecule has 0 amide bonds. The predicted octanol–water partition coefficient (Wildman–Crippen LogP) is 0.830. The summed E-state index contributed by atoms with van der Waals surface area (Å²) < 4.78 is 5.82. The zero-order chi connectivity index (χ0) is 9.91. The van der Waals surface area contributed by atoms with Crippen molar-refractivity contribution < 1.29 is 14.9 Å². The number of rotatable bonds is 1. The number of hydrogen-bond donors (Lipinski definition) is 2. The van der Waals surface area contributed by atoms with Crippen molar-refractivity contribution in [3.63, 3.8) is 0 Å². The molecule has 0 aromatic rings. The first-order valence-electron chi connectivity index (χ1n) is 4.90. The second-order valence-corrected chi connectivity index (χ2v) is 5.19. The molecule has 0 aromatic carbocycles. The smallest absolute Gasteiger partial charge is 0.0998 e. The third-order valence-electron chi connectivity index (χ3n) is 3.80. The van der Waals surface area contributed by atoms with E-state index in [2.05, 4.69) is 0 Å². The molecule has 2 rings (SSSR count). The Hall–Kier alpha value is -0.120. The highest BCUT2D eigenvalue weighted by atomic mass is 16.6. The maximum absolute atomic E-state index is 9.99. The van der Waals surface area contributed by atoms with E-state index in [0.717, 1.165) is 12.8 Å². The standard InChI is InChI=1S/C10H18O3/c1-8(2,12)10-5-4-9(3,13-10)7(11)6-10/h7,11-12H,4-6H2,1-3H3/t7-,9+,10-/m1/s1. The van der Waals surface area contributed by atoms with E-state index in [-0.39, 0.29) is 0 Å². The van der Waals surface area contributed by atoms with Crippen LogP contribution in [0.2, 0.25) is 0 Å². The van der Waals surface area contributed by atoms with Crippen LogP contribution < -0.4 is 0 Å². The summed E-state index contributed by atoms with van der Waals surface area (Å²) in [5, 5.41) is 19.8. The highest BCUT2D eigenvalue weighted by molar-refractivity contribution is 5.13. The number of aliphatic hydroxyl groups excluding tert-OH is 1. The minimum Gasteiger partial charge on any atom is -0.390 e. The van der Waals surface area contributed by atoms with Gasteiger partial charge in [-0.25, -0.2) is 0 Å². The monoisotopic (exact) mass is 186 g/mol. The van der Waals surface area contributed by atoms with Crippen LogP contribution in [-0.4, -0.2) is 33.1 Å². The Morgan fingerprint density at radius 3 is 2.23 bits per heavy atom. The lowest BCUT2D eigenvalue weighted by atomic mass is 9.73. The van der Waals surface area contributed by atoms with Crippen molar-refractivity contribution in [3.8, 4) is 0 Å². The molecule has 0 radical (unpaired) electrons. The highest BCUT2D eigenvalue weighted by Gasteiger charge is 2.63. The quantitative estimate of drug-likeness (QED) is 0.637. The molecule has 0 aromatic heterocycles. The Balaban J connectivity index is 2.31. The van der Waals surface area contributed by atoms with E-state index in [4.69, 9.17) is 4.74 Å². The lowest BCUT2D eigenvalue weighted by Gasteiger charge is -2.37. The molecule has 3 nitrogen and oxygen atoms in total. The van der Waals surface area contributed by atoms with Gasteiger partial charge in [0.25, 0.3) is 0 Å². The SMILES string of the molecule is CC(C)(O)[C@]12CC[C@](C)(O1)[C@H](O)C2. The Kier molecular flexibility index (Phi) is 1.65. The van der Waals surface area contributed by atoms with Crippen LogP contribution in [0.3, 0.4) is 0 Å². The molecular formula is C10H18O3. The Bertz CT molecular complexity index is 233. The Labute approximate surface area is 78.7 Å². The third kappa shape index (κ3) is 1.07. The lowest BCUT2D eigenvalue weighted by molar-refractivity contribution is -0.151. The van der Waals surface area contributed by atoms with Crippen molar-refractivity contribution in [2.24, 2.45) is 0 Å². The van der Waals surface area contributed by atoms with Crippen molar-refractivity contribution in [1.29, 1.82) is 0 Å². The predicted molar refractivity (Wildman–Crippen MR) is 48.4 cm³/mol. The van der Waals surface area contributed by atoms with Crippen LogP contribution in [0.15, 0.2) is 0 Å². The molecule has 0 spiro atoms. The summed E-state index contributed by atoms with van der Waals surface area (Å²) in [5.41, 5.74) is -1.79. The summed E-state index contributed by atoms with van der Waals surface area (Å²) in [4.78, 5) is 0. The van der Waals surface area contributed by atoms with Gasteiger partial charge in [0.15, 0.2) is 0 Å². The van der Waals surface area contributed by atoms with Crippen LogP contribution in [0.25, 0.3) is 0 Å². The molecule has 13 heavy (non-hydrogen) atoms. The Morgan fingerprint density at radius 2 is 2.00 bits per heavy atom. The number of fused-ring (bicyclic) bond motifs is 2. The van der Waals surface area contributed by atoms with Crippen LogP contribution in [0.5, 0.6) is 0 Å². The first-order chi connectivity index (χ1) is 5.79. The molecular weight excluding hydrogens is 168 g/mol. The van der Waals surface area contributed by atoms with Crippen LogP contribution in [0.1, 0.15) is 40.0 Å². The van der Waals surface area contributed by atoms with Crippen LogP contribution in [-0.2, 0) is 4.74 Å². The molecule has 3 heteroatoms. The van der Waals surface area contributed by atoms with Crippen LogP contribution in [0, 0.1) is 0 Å². The number of ether oxygens (including phenoxy) is 1. The van der Waals surface area contributed by atoms with Gasteiger partial charge in [-0.15, -0.1) is 0 Å². The summed E-state index contributed by atoms with van der Waals surface area (Å²) in [7, 11) is 0. The average Bonchev–Trinajstić information content (AvgIpc) is 2.39. The van der Waals surface area contributed by atoms with E-state index in [9.17, 15) is 10.2 Å². The van der Waals surface area contributed by atoms with Gasteiger partial charge in [0, 0.05) is 6.42 Å². The summed E-state index contributed by atoms with van der Waals surface area (Å²) in [6, 6.07) is 0. The van der Waals surface area contributed by atoms with Gasteiger partial charge < -0.3 is 14.9 Å². The van der Waals surface area contributed by atoms with Gasteiger partial charge in [0.2, 0.25) is 0 Å². The molecule has 0 aliphatic carbocycles. The molecule has 2 bridgehead atoms. The van der Waals surface area contributed by atoms with Gasteiger partial charge in [-0.2, -0.15) is 0 Å². The highest BCUT2D eigenvalue weighted by Crippen LogP contribution is 2.54. The minimum absolute atomic E-state index is 0.417. The van der Waals surface area contributed by atoms with Crippen molar-refractivity contribution in [3.05, 3.63) is 0 Å². The largest absolute Gasteiger partial charge is 0.390 e. The summed E-state index contributed by atoms with van der Waals surface area (Å²) in [5.74, 6) is 0. The molecule has 2 fully saturated rings. The molecule has 3 atom stereocenters. The molecule has 76 valence electrons. The van der Waals surface area contributed by atoms with Gasteiger partial charge >= 0.3 is 0 Å². The first kappa shape index (κ1) is 9.44. The first-order valence-corrected chi connectivity index (χ1v) is 4.90. The normalized spacial score (nSPS) is 50.1. The molecule has 2 N–H and O–H groups in total. The number of aliphatic hydroxyl groups is 2. The maximum Gasteiger partial charge on any atom is 0.0998 e. The van der Waals surface area contributed by atoms with Crippen molar-refractivity contribution in [2.45, 2.75) is 62.9 Å². The summed E-state index contributed by atoms with van der Waals surface area (Å²) >= 11 is 0. The molecule has 2 saturated heterocycles. The van der Waals surface area contributed by atoms with Gasteiger partial charge in [-0.3, -0.25) is 0 Å². The van der Waals surface area contributed by atoms with Gasteiger partial charge in [0.05, 0.1) is 22.9 Å². The second-order valence-electron chi connectivity index (χ2n) is 5.19. The topological polar surface area (TPSA) is 49.7 Å². The summed E-state index contributed by atoms with van der Waals surface area (Å²) in [6.07, 6.45) is 1.84. The lowest BCUT2D eigenvalue weighted by Crippen LogP contribution is -2.48. The molecule has 0 saturated carbocycles. The maximum atomic E-state index is 9.99. The average molecular weight is 186 g/mol. The van der Waals surface area contributed by atoms with E-state index >= 15 is 0 Å². The van der Waals surface area contributed by atoms with E-state index < -0.39 is 22.9 Å². The van der Waals surface area contributed by atoms with Crippen LogP contribution in [0.4, 0.5) is 0 Å². The minimum atomic E-state index is -0.859. The molecule has 2 aliphatic rings. The van der Waals surface area contributed by atoms with Crippen molar-refractivity contribution >= 4 is 0 Å². The fourth-order valence-electron chi connectivity index (χ4n) is 2.59. The molecule has 2 aliphatic heterocycles. The zero-order valence-corrected chi connectivity index (χ0v) is 8.50. The second kappa shape index (κ2) is 2.27. The summed E-state index contributed by atoms with van der Waals surface area (Å²) in [6.45, 7) is 5.45.